The number of hydrogen-bond donors (Lipinski definition) is 3. The molecule has 6 heteroatoms. The summed E-state index contributed by atoms with van der Waals surface area (Å²) in [5.74, 6) is 0.611. The van der Waals surface area contributed by atoms with Gasteiger partial charge in [0.05, 0.1) is 0 Å². The van der Waals surface area contributed by atoms with Crippen LogP contribution in [0.4, 0.5) is 0 Å². The first-order valence-electron chi connectivity index (χ1n) is 7.37. The molecule has 0 heterocycles. The van der Waals surface area contributed by atoms with Gasteiger partial charge in [-0.3, -0.25) is 9.59 Å². The number of carbonyl (C=O) groups excluding carboxylic acids is 2. The number of amides is 2. The minimum Gasteiger partial charge on any atom is -0.356 e. The molecule has 2 atom stereocenters. The highest BCUT2D eigenvalue weighted by Gasteiger charge is 2.26. The average molecular weight is 306 g/mol. The number of rotatable bonds is 8. The summed E-state index contributed by atoms with van der Waals surface area (Å²) in [5.41, 5.74) is 5.69. The van der Waals surface area contributed by atoms with E-state index in [-0.39, 0.29) is 30.3 Å². The molecule has 0 bridgehead atoms. The fourth-order valence-corrected chi connectivity index (χ4v) is 2.64. The lowest BCUT2D eigenvalue weighted by Crippen LogP contribution is -2.39. The largest absolute Gasteiger partial charge is 0.356 e. The Labute approximate surface area is 127 Å². The van der Waals surface area contributed by atoms with Gasteiger partial charge in [-0.15, -0.1) is 12.4 Å². The summed E-state index contributed by atoms with van der Waals surface area (Å²) >= 11 is 0. The highest BCUT2D eigenvalue weighted by molar-refractivity contribution is 5.85. The summed E-state index contributed by atoms with van der Waals surface area (Å²) in [6, 6.07) is 0.289. The third kappa shape index (κ3) is 7.70. The van der Waals surface area contributed by atoms with Crippen molar-refractivity contribution in [2.45, 2.75) is 57.9 Å². The molecule has 20 heavy (non-hydrogen) atoms. The fourth-order valence-electron chi connectivity index (χ4n) is 2.64. The molecule has 1 saturated carbocycles. The van der Waals surface area contributed by atoms with Crippen LogP contribution >= 0.6 is 12.4 Å². The Balaban J connectivity index is 0.00000361. The van der Waals surface area contributed by atoms with Gasteiger partial charge in [-0.2, -0.15) is 0 Å². The lowest BCUT2D eigenvalue weighted by atomic mass is 10.0. The van der Waals surface area contributed by atoms with Crippen molar-refractivity contribution in [3.63, 3.8) is 0 Å². The molecule has 5 nitrogen and oxygen atoms in total. The zero-order valence-electron chi connectivity index (χ0n) is 12.3. The van der Waals surface area contributed by atoms with Crippen molar-refractivity contribution in [1.29, 1.82) is 0 Å². The smallest absolute Gasteiger partial charge is 0.220 e. The maximum absolute atomic E-state index is 11.8. The number of carbonyl (C=O) groups is 2. The Morgan fingerprint density at radius 2 is 1.95 bits per heavy atom. The van der Waals surface area contributed by atoms with Gasteiger partial charge in [-0.05, 0) is 38.1 Å². The van der Waals surface area contributed by atoms with E-state index < -0.39 is 0 Å². The zero-order chi connectivity index (χ0) is 14.1. The van der Waals surface area contributed by atoms with Crippen LogP contribution in [-0.2, 0) is 9.59 Å². The molecule has 0 saturated heterocycles. The fraction of sp³-hybridized carbons (Fsp3) is 0.857. The Hall–Kier alpha value is -0.810. The van der Waals surface area contributed by atoms with E-state index >= 15 is 0 Å². The van der Waals surface area contributed by atoms with Gasteiger partial charge >= 0.3 is 0 Å². The van der Waals surface area contributed by atoms with Gasteiger partial charge in [-0.25, -0.2) is 0 Å². The van der Waals surface area contributed by atoms with E-state index in [0.717, 1.165) is 32.1 Å². The summed E-state index contributed by atoms with van der Waals surface area (Å²) in [6.45, 7) is 2.89. The van der Waals surface area contributed by atoms with Gasteiger partial charge in [0.25, 0.3) is 0 Å². The molecule has 2 amide bonds. The third-order valence-corrected chi connectivity index (χ3v) is 3.76. The van der Waals surface area contributed by atoms with E-state index in [4.69, 9.17) is 5.73 Å². The number of hydrogen-bond acceptors (Lipinski definition) is 3. The molecule has 4 N–H and O–H groups in total. The van der Waals surface area contributed by atoms with Gasteiger partial charge in [-0.1, -0.05) is 12.8 Å². The Kier molecular flexibility index (Phi) is 10.5. The van der Waals surface area contributed by atoms with Crippen LogP contribution in [0.1, 0.15) is 51.9 Å². The van der Waals surface area contributed by atoms with Gasteiger partial charge in [0, 0.05) is 25.9 Å². The predicted molar refractivity (Wildman–Crippen MR) is 82.7 cm³/mol. The number of nitrogens with one attached hydrogen (secondary N) is 2. The first-order valence-corrected chi connectivity index (χ1v) is 7.37. The van der Waals surface area contributed by atoms with Crippen LogP contribution in [0.5, 0.6) is 0 Å². The molecule has 1 fully saturated rings. The zero-order valence-corrected chi connectivity index (χ0v) is 13.1. The lowest BCUT2D eigenvalue weighted by Gasteiger charge is -2.19. The topological polar surface area (TPSA) is 84.2 Å². The lowest BCUT2D eigenvalue weighted by molar-refractivity contribution is -0.122. The number of nitrogens with two attached hydrogens (primary N) is 1. The first kappa shape index (κ1) is 19.2. The highest BCUT2D eigenvalue weighted by atomic mass is 35.5. The molecule has 0 aromatic heterocycles. The Morgan fingerprint density at radius 3 is 2.60 bits per heavy atom. The van der Waals surface area contributed by atoms with Gasteiger partial charge < -0.3 is 16.4 Å². The van der Waals surface area contributed by atoms with Crippen LogP contribution in [0, 0.1) is 5.92 Å². The second-order valence-corrected chi connectivity index (χ2v) is 5.39. The van der Waals surface area contributed by atoms with Gasteiger partial charge in [0.15, 0.2) is 0 Å². The summed E-state index contributed by atoms with van der Waals surface area (Å²) in [4.78, 5) is 22.4. The van der Waals surface area contributed by atoms with Crippen molar-refractivity contribution < 1.29 is 9.59 Å². The molecule has 2 unspecified atom stereocenters. The molecule has 118 valence electrons. The van der Waals surface area contributed by atoms with Crippen molar-refractivity contribution >= 4 is 24.2 Å². The standard InChI is InChI=1S/C14H27N3O2.ClH/c1-11(18)16-9-4-2-3-8-14(19)17-13-7-5-6-12(13)10-15;/h12-13H,2-10,15H2,1H3,(H,16,18)(H,17,19);1H. The van der Waals surface area contributed by atoms with Gasteiger partial charge in [0.2, 0.25) is 11.8 Å². The normalized spacial score (nSPS) is 21.1. The predicted octanol–water partition coefficient (Wildman–Crippen LogP) is 1.35. The Bertz CT molecular complexity index is 300. The first-order chi connectivity index (χ1) is 9.13. The summed E-state index contributed by atoms with van der Waals surface area (Å²) in [6.07, 6.45) is 6.73. The molecule has 0 radical (unpaired) electrons. The average Bonchev–Trinajstić information content (AvgIpc) is 2.80. The highest BCUT2D eigenvalue weighted by Crippen LogP contribution is 2.24. The molecule has 1 aliphatic rings. The van der Waals surface area contributed by atoms with Gasteiger partial charge in [0.1, 0.15) is 0 Å². The maximum atomic E-state index is 11.8. The molecular weight excluding hydrogens is 278 g/mol. The molecule has 0 aromatic rings. The van der Waals surface area contributed by atoms with Crippen molar-refractivity contribution in [3.05, 3.63) is 0 Å². The van der Waals surface area contributed by atoms with Crippen LogP contribution < -0.4 is 16.4 Å². The van der Waals surface area contributed by atoms with E-state index in [0.29, 0.717) is 25.4 Å². The SMILES string of the molecule is CC(=O)NCCCCCC(=O)NC1CCCC1CN.Cl. The second kappa shape index (κ2) is 10.9. The monoisotopic (exact) mass is 305 g/mol. The molecular formula is C14H28ClN3O2. The van der Waals surface area contributed by atoms with E-state index in [1.165, 1.54) is 13.3 Å². The molecule has 1 rings (SSSR count). The third-order valence-electron chi connectivity index (χ3n) is 3.76. The summed E-state index contributed by atoms with van der Waals surface area (Å²) in [5, 5.41) is 5.85. The van der Waals surface area contributed by atoms with E-state index in [9.17, 15) is 9.59 Å². The van der Waals surface area contributed by atoms with Crippen LogP contribution in [0.3, 0.4) is 0 Å². The van der Waals surface area contributed by atoms with Crippen LogP contribution in [-0.4, -0.2) is 30.9 Å². The van der Waals surface area contributed by atoms with E-state index in [2.05, 4.69) is 10.6 Å². The van der Waals surface area contributed by atoms with E-state index in [1.54, 1.807) is 0 Å². The quantitative estimate of drug-likeness (QED) is 0.592. The van der Waals surface area contributed by atoms with Crippen LogP contribution in [0.25, 0.3) is 0 Å². The maximum Gasteiger partial charge on any atom is 0.220 e. The summed E-state index contributed by atoms with van der Waals surface area (Å²) < 4.78 is 0. The van der Waals surface area contributed by atoms with Crippen molar-refractivity contribution in [2.75, 3.05) is 13.1 Å². The minimum absolute atomic E-state index is 0. The number of halogens is 1. The van der Waals surface area contributed by atoms with Crippen LogP contribution in [0.2, 0.25) is 0 Å². The molecule has 0 aromatic carbocycles. The van der Waals surface area contributed by atoms with Crippen molar-refractivity contribution in [2.24, 2.45) is 11.7 Å². The van der Waals surface area contributed by atoms with Crippen molar-refractivity contribution in [1.82, 2.24) is 10.6 Å². The minimum atomic E-state index is 0. The second-order valence-electron chi connectivity index (χ2n) is 5.39. The molecule has 0 spiro atoms. The molecule has 1 aliphatic carbocycles. The van der Waals surface area contributed by atoms with Crippen molar-refractivity contribution in [3.8, 4) is 0 Å². The Morgan fingerprint density at radius 1 is 1.20 bits per heavy atom. The van der Waals surface area contributed by atoms with Crippen LogP contribution in [0.15, 0.2) is 0 Å². The molecule has 0 aliphatic heterocycles. The summed E-state index contributed by atoms with van der Waals surface area (Å²) in [7, 11) is 0. The number of unbranched alkanes of at least 4 members (excludes halogenated alkanes) is 2. The van der Waals surface area contributed by atoms with E-state index in [1.807, 2.05) is 0 Å².